The second-order valence-electron chi connectivity index (χ2n) is 5.69. The van der Waals surface area contributed by atoms with Gasteiger partial charge in [-0.1, -0.05) is 17.7 Å². The summed E-state index contributed by atoms with van der Waals surface area (Å²) in [6, 6.07) is 7.34. The van der Waals surface area contributed by atoms with E-state index in [1.54, 1.807) is 12.3 Å². The van der Waals surface area contributed by atoms with E-state index < -0.39 is 0 Å². The molecule has 2 aromatic heterocycles. The zero-order valence-electron chi connectivity index (χ0n) is 12.9. The molecule has 0 unspecified atom stereocenters. The Labute approximate surface area is 139 Å². The van der Waals surface area contributed by atoms with Gasteiger partial charge in [-0.25, -0.2) is 4.98 Å². The molecule has 3 rings (SSSR count). The van der Waals surface area contributed by atoms with E-state index in [9.17, 15) is 4.79 Å². The smallest absolute Gasteiger partial charge is 0.228 e. The molecule has 1 aliphatic heterocycles. The van der Waals surface area contributed by atoms with Crippen LogP contribution in [-0.4, -0.2) is 34.2 Å². The third kappa shape index (κ3) is 3.96. The molecule has 6 nitrogen and oxygen atoms in total. The van der Waals surface area contributed by atoms with Crippen molar-refractivity contribution in [1.82, 2.24) is 15.2 Å². The number of halogens is 1. The number of anilines is 2. The monoisotopic (exact) mass is 331 g/mol. The summed E-state index contributed by atoms with van der Waals surface area (Å²) in [6.45, 7) is 3.51. The van der Waals surface area contributed by atoms with Crippen LogP contribution in [0.15, 0.2) is 30.5 Å². The Kier molecular flexibility index (Phi) is 4.71. The predicted octanol–water partition coefficient (Wildman–Crippen LogP) is 2.69. The molecule has 0 radical (unpaired) electrons. The number of amides is 1. The van der Waals surface area contributed by atoms with E-state index in [0.29, 0.717) is 11.0 Å². The lowest BCUT2D eigenvalue weighted by molar-refractivity contribution is -0.120. The van der Waals surface area contributed by atoms with Gasteiger partial charge in [0.15, 0.2) is 11.0 Å². The maximum Gasteiger partial charge on any atom is 0.228 e. The number of hydrogen-bond acceptors (Lipinski definition) is 5. The molecule has 1 aliphatic rings. The first-order valence-corrected chi connectivity index (χ1v) is 7.97. The summed E-state index contributed by atoms with van der Waals surface area (Å²) < 4.78 is 0. The second-order valence-corrected chi connectivity index (χ2v) is 6.07. The van der Waals surface area contributed by atoms with E-state index >= 15 is 0 Å². The summed E-state index contributed by atoms with van der Waals surface area (Å²) in [5.74, 6) is 1.43. The SMILES string of the molecule is Cc1ccc(NC(=O)C2CCN(c3ccc(Cl)nn3)CC2)nc1. The first kappa shape index (κ1) is 15.7. The Morgan fingerprint density at radius 1 is 1.22 bits per heavy atom. The molecule has 2 aromatic rings. The van der Waals surface area contributed by atoms with E-state index in [0.717, 1.165) is 37.3 Å². The standard InChI is InChI=1S/C16H18ClN5O/c1-11-2-4-14(18-10-11)19-16(23)12-6-8-22(9-7-12)15-5-3-13(17)20-21-15/h2-5,10,12H,6-9H2,1H3,(H,18,19,23). The molecule has 1 saturated heterocycles. The average Bonchev–Trinajstić information content (AvgIpc) is 2.58. The van der Waals surface area contributed by atoms with Crippen LogP contribution in [0.5, 0.6) is 0 Å². The number of piperidine rings is 1. The molecule has 23 heavy (non-hydrogen) atoms. The number of nitrogens with zero attached hydrogens (tertiary/aromatic N) is 4. The van der Waals surface area contributed by atoms with Gasteiger partial charge in [-0.2, -0.15) is 0 Å². The number of pyridine rings is 1. The summed E-state index contributed by atoms with van der Waals surface area (Å²) >= 11 is 5.75. The molecule has 0 spiro atoms. The second kappa shape index (κ2) is 6.91. The Morgan fingerprint density at radius 3 is 2.61 bits per heavy atom. The van der Waals surface area contributed by atoms with Crippen molar-refractivity contribution in [3.63, 3.8) is 0 Å². The van der Waals surface area contributed by atoms with Crippen molar-refractivity contribution >= 4 is 29.1 Å². The molecule has 0 aliphatic carbocycles. The van der Waals surface area contributed by atoms with Gasteiger partial charge in [-0.15, -0.1) is 10.2 Å². The van der Waals surface area contributed by atoms with Gasteiger partial charge in [-0.05, 0) is 43.5 Å². The van der Waals surface area contributed by atoms with E-state index in [-0.39, 0.29) is 11.8 Å². The van der Waals surface area contributed by atoms with E-state index in [1.807, 2.05) is 25.1 Å². The van der Waals surface area contributed by atoms with Gasteiger partial charge in [-0.3, -0.25) is 4.79 Å². The summed E-state index contributed by atoms with van der Waals surface area (Å²) in [5, 5.41) is 11.2. The fourth-order valence-electron chi connectivity index (χ4n) is 2.62. The highest BCUT2D eigenvalue weighted by Crippen LogP contribution is 2.23. The maximum absolute atomic E-state index is 12.3. The van der Waals surface area contributed by atoms with Gasteiger partial charge in [0, 0.05) is 25.2 Å². The fourth-order valence-corrected chi connectivity index (χ4v) is 2.72. The van der Waals surface area contributed by atoms with E-state index in [1.165, 1.54) is 0 Å². The molecule has 0 atom stereocenters. The molecule has 1 N–H and O–H groups in total. The molecule has 7 heteroatoms. The highest BCUT2D eigenvalue weighted by Gasteiger charge is 2.26. The van der Waals surface area contributed by atoms with Gasteiger partial charge >= 0.3 is 0 Å². The summed E-state index contributed by atoms with van der Waals surface area (Å²) in [4.78, 5) is 18.7. The van der Waals surface area contributed by atoms with Crippen LogP contribution in [0.3, 0.4) is 0 Å². The normalized spacial score (nSPS) is 15.5. The van der Waals surface area contributed by atoms with Crippen LogP contribution in [0.1, 0.15) is 18.4 Å². The number of carbonyl (C=O) groups excluding carboxylic acids is 1. The largest absolute Gasteiger partial charge is 0.355 e. The molecule has 0 saturated carbocycles. The lowest BCUT2D eigenvalue weighted by atomic mass is 9.96. The topological polar surface area (TPSA) is 71.0 Å². The van der Waals surface area contributed by atoms with Crippen LogP contribution in [0.25, 0.3) is 0 Å². The van der Waals surface area contributed by atoms with Crippen molar-refractivity contribution in [3.8, 4) is 0 Å². The highest BCUT2D eigenvalue weighted by atomic mass is 35.5. The minimum absolute atomic E-state index is 0.00499. The molecule has 3 heterocycles. The Morgan fingerprint density at radius 2 is 2.00 bits per heavy atom. The van der Waals surface area contributed by atoms with Gasteiger partial charge in [0.2, 0.25) is 5.91 Å². The van der Waals surface area contributed by atoms with Crippen LogP contribution in [-0.2, 0) is 4.79 Å². The number of carbonyl (C=O) groups is 1. The number of nitrogens with one attached hydrogen (secondary N) is 1. The zero-order chi connectivity index (χ0) is 16.2. The van der Waals surface area contributed by atoms with Gasteiger partial charge in [0.1, 0.15) is 5.82 Å². The lowest BCUT2D eigenvalue weighted by Gasteiger charge is -2.31. The van der Waals surface area contributed by atoms with Gasteiger partial charge < -0.3 is 10.2 Å². The van der Waals surface area contributed by atoms with E-state index in [4.69, 9.17) is 11.6 Å². The van der Waals surface area contributed by atoms with Gasteiger partial charge in [0.05, 0.1) is 0 Å². The Balaban J connectivity index is 1.54. The predicted molar refractivity (Wildman–Crippen MR) is 89.6 cm³/mol. The molecule has 1 fully saturated rings. The summed E-state index contributed by atoms with van der Waals surface area (Å²) in [6.07, 6.45) is 3.31. The molecular formula is C16H18ClN5O. The van der Waals surface area contributed by atoms with Crippen LogP contribution in [0.2, 0.25) is 5.15 Å². The molecule has 0 aromatic carbocycles. The zero-order valence-corrected chi connectivity index (χ0v) is 13.6. The van der Waals surface area contributed by atoms with Crippen molar-refractivity contribution < 1.29 is 4.79 Å². The van der Waals surface area contributed by atoms with Crippen molar-refractivity contribution in [2.24, 2.45) is 5.92 Å². The average molecular weight is 332 g/mol. The van der Waals surface area contributed by atoms with Crippen LogP contribution < -0.4 is 10.2 Å². The Hall–Kier alpha value is -2.21. The maximum atomic E-state index is 12.3. The van der Waals surface area contributed by atoms with Crippen LogP contribution in [0, 0.1) is 12.8 Å². The van der Waals surface area contributed by atoms with Crippen molar-refractivity contribution in [2.75, 3.05) is 23.3 Å². The third-order valence-corrected chi connectivity index (χ3v) is 4.17. The molecular weight excluding hydrogens is 314 g/mol. The first-order valence-electron chi connectivity index (χ1n) is 7.59. The minimum atomic E-state index is -0.00499. The number of hydrogen-bond donors (Lipinski definition) is 1. The third-order valence-electron chi connectivity index (χ3n) is 3.97. The lowest BCUT2D eigenvalue weighted by Crippen LogP contribution is -2.38. The molecule has 120 valence electrons. The Bertz CT molecular complexity index is 666. The van der Waals surface area contributed by atoms with Crippen molar-refractivity contribution in [3.05, 3.63) is 41.2 Å². The number of rotatable bonds is 3. The summed E-state index contributed by atoms with van der Waals surface area (Å²) in [7, 11) is 0. The van der Waals surface area contributed by atoms with E-state index in [2.05, 4.69) is 25.4 Å². The fraction of sp³-hybridized carbons (Fsp3) is 0.375. The highest BCUT2D eigenvalue weighted by molar-refractivity contribution is 6.29. The molecule has 1 amide bonds. The quantitative estimate of drug-likeness (QED) is 0.936. The molecule has 0 bridgehead atoms. The van der Waals surface area contributed by atoms with Crippen LogP contribution in [0.4, 0.5) is 11.6 Å². The van der Waals surface area contributed by atoms with Crippen molar-refractivity contribution in [1.29, 1.82) is 0 Å². The van der Waals surface area contributed by atoms with Gasteiger partial charge in [0.25, 0.3) is 0 Å². The number of aryl methyl sites for hydroxylation is 1. The van der Waals surface area contributed by atoms with Crippen LogP contribution >= 0.6 is 11.6 Å². The first-order chi connectivity index (χ1) is 11.1. The summed E-state index contributed by atoms with van der Waals surface area (Å²) in [5.41, 5.74) is 1.07. The number of aromatic nitrogens is 3. The minimum Gasteiger partial charge on any atom is -0.355 e. The van der Waals surface area contributed by atoms with Crippen molar-refractivity contribution in [2.45, 2.75) is 19.8 Å².